The smallest absolute Gasteiger partial charge is 0.225 e. The molecule has 8 heteroatoms. The molecule has 1 amide bonds. The van der Waals surface area contributed by atoms with E-state index in [0.717, 1.165) is 87.8 Å². The van der Waals surface area contributed by atoms with E-state index in [4.69, 9.17) is 14.8 Å². The molecule has 0 N–H and O–H groups in total. The molecule has 3 saturated heterocycles. The van der Waals surface area contributed by atoms with E-state index in [1.807, 2.05) is 28.9 Å². The van der Waals surface area contributed by atoms with Gasteiger partial charge in [-0.05, 0) is 51.0 Å². The van der Waals surface area contributed by atoms with Gasteiger partial charge in [0.1, 0.15) is 0 Å². The number of aromatic nitrogens is 4. The van der Waals surface area contributed by atoms with Crippen molar-refractivity contribution in [2.45, 2.75) is 63.4 Å². The van der Waals surface area contributed by atoms with Crippen LogP contribution in [0.2, 0.25) is 0 Å². The number of aryl methyl sites for hydroxylation is 1. The predicted molar refractivity (Wildman–Crippen MR) is 122 cm³/mol. The Kier molecular flexibility index (Phi) is 6.39. The molecule has 32 heavy (non-hydrogen) atoms. The maximum absolute atomic E-state index is 13.0. The number of carbonyl (C=O) groups excluding carboxylic acids is 1. The third-order valence-electron chi connectivity index (χ3n) is 7.00. The number of hydrogen-bond acceptors (Lipinski definition) is 6. The quantitative estimate of drug-likeness (QED) is 0.714. The first-order chi connectivity index (χ1) is 15.7. The Morgan fingerprint density at radius 3 is 2.81 bits per heavy atom. The zero-order chi connectivity index (χ0) is 21.9. The zero-order valence-electron chi connectivity index (χ0n) is 19.1. The molecule has 3 aliphatic heterocycles. The monoisotopic (exact) mass is 438 g/mol. The minimum atomic E-state index is 0.0899. The van der Waals surface area contributed by atoms with Gasteiger partial charge in [-0.3, -0.25) is 9.48 Å². The second-order valence-corrected chi connectivity index (χ2v) is 9.41. The predicted octanol–water partition coefficient (Wildman–Crippen LogP) is 3.14. The molecule has 3 aliphatic rings. The van der Waals surface area contributed by atoms with Gasteiger partial charge in [0.25, 0.3) is 0 Å². The van der Waals surface area contributed by atoms with Crippen molar-refractivity contribution in [2.24, 2.45) is 7.05 Å². The van der Waals surface area contributed by atoms with Gasteiger partial charge in [-0.1, -0.05) is 0 Å². The number of anilines is 1. The standard InChI is InChI=1S/C24H34N6O2/c1-28-17-20(21-9-10-25-24(26-21)29-11-3-4-12-29)23(27-28)18-7-6-13-30(16-18)22(31)15-19-8-2-5-14-32-19/h9-10,17-19H,2-8,11-16H2,1H3/t18-,19+/m1/s1. The van der Waals surface area contributed by atoms with Crippen LogP contribution in [0.5, 0.6) is 0 Å². The van der Waals surface area contributed by atoms with Gasteiger partial charge in [-0.2, -0.15) is 5.10 Å². The summed E-state index contributed by atoms with van der Waals surface area (Å²) in [4.78, 5) is 26.7. The van der Waals surface area contributed by atoms with Crippen molar-refractivity contribution in [3.8, 4) is 11.3 Å². The van der Waals surface area contributed by atoms with E-state index < -0.39 is 0 Å². The molecular formula is C24H34N6O2. The summed E-state index contributed by atoms with van der Waals surface area (Å²) in [5, 5.41) is 4.83. The molecule has 2 aromatic heterocycles. The van der Waals surface area contributed by atoms with Crippen LogP contribution in [0.4, 0.5) is 5.95 Å². The highest BCUT2D eigenvalue weighted by atomic mass is 16.5. The molecule has 0 aliphatic carbocycles. The minimum Gasteiger partial charge on any atom is -0.378 e. The molecule has 3 fully saturated rings. The summed E-state index contributed by atoms with van der Waals surface area (Å²) in [6.07, 6.45) is 12.2. The first-order valence-electron chi connectivity index (χ1n) is 12.2. The minimum absolute atomic E-state index is 0.0899. The van der Waals surface area contributed by atoms with Crippen LogP contribution >= 0.6 is 0 Å². The number of rotatable bonds is 5. The highest BCUT2D eigenvalue weighted by Crippen LogP contribution is 2.34. The van der Waals surface area contributed by atoms with Gasteiger partial charge in [0, 0.05) is 63.7 Å². The Hall–Kier alpha value is -2.48. The van der Waals surface area contributed by atoms with E-state index in [2.05, 4.69) is 16.1 Å². The zero-order valence-corrected chi connectivity index (χ0v) is 19.1. The number of nitrogens with zero attached hydrogens (tertiary/aromatic N) is 6. The van der Waals surface area contributed by atoms with Crippen molar-refractivity contribution >= 4 is 11.9 Å². The molecule has 0 aromatic carbocycles. The van der Waals surface area contributed by atoms with Crippen molar-refractivity contribution in [2.75, 3.05) is 37.7 Å². The number of likely N-dealkylation sites (tertiary alicyclic amines) is 1. The maximum atomic E-state index is 13.0. The van der Waals surface area contributed by atoms with Crippen molar-refractivity contribution in [1.82, 2.24) is 24.6 Å². The van der Waals surface area contributed by atoms with Crippen molar-refractivity contribution in [3.05, 3.63) is 24.2 Å². The highest BCUT2D eigenvalue weighted by Gasteiger charge is 2.30. The SMILES string of the molecule is Cn1cc(-c2ccnc(N3CCCC3)n2)c([C@@H]2CCCN(C(=O)C[C@@H]3CCCCO3)C2)n1. The Balaban J connectivity index is 1.33. The van der Waals surface area contributed by atoms with Crippen molar-refractivity contribution in [3.63, 3.8) is 0 Å². The van der Waals surface area contributed by atoms with Crippen LogP contribution in [0.1, 0.15) is 63.0 Å². The Labute approximate surface area is 190 Å². The van der Waals surface area contributed by atoms with Crippen LogP contribution in [-0.4, -0.2) is 69.4 Å². The van der Waals surface area contributed by atoms with Gasteiger partial charge >= 0.3 is 0 Å². The average molecular weight is 439 g/mol. The summed E-state index contributed by atoms with van der Waals surface area (Å²) in [6, 6.07) is 1.98. The van der Waals surface area contributed by atoms with Crippen molar-refractivity contribution in [1.29, 1.82) is 0 Å². The van der Waals surface area contributed by atoms with E-state index in [0.29, 0.717) is 6.42 Å². The van der Waals surface area contributed by atoms with Crippen LogP contribution in [0.15, 0.2) is 18.5 Å². The lowest BCUT2D eigenvalue weighted by Crippen LogP contribution is -2.41. The fourth-order valence-electron chi connectivity index (χ4n) is 5.29. The number of hydrogen-bond donors (Lipinski definition) is 0. The van der Waals surface area contributed by atoms with E-state index in [1.54, 1.807) is 0 Å². The molecule has 0 unspecified atom stereocenters. The lowest BCUT2D eigenvalue weighted by atomic mass is 9.91. The van der Waals surface area contributed by atoms with Gasteiger partial charge in [-0.25, -0.2) is 9.97 Å². The molecular weight excluding hydrogens is 404 g/mol. The molecule has 8 nitrogen and oxygen atoms in total. The van der Waals surface area contributed by atoms with Gasteiger partial charge in [0.15, 0.2) is 0 Å². The molecule has 5 heterocycles. The fourth-order valence-corrected chi connectivity index (χ4v) is 5.29. The van der Waals surface area contributed by atoms with Gasteiger partial charge < -0.3 is 14.5 Å². The normalized spacial score (nSPS) is 24.2. The summed E-state index contributed by atoms with van der Waals surface area (Å²) in [6.45, 7) is 4.38. The maximum Gasteiger partial charge on any atom is 0.225 e. The summed E-state index contributed by atoms with van der Waals surface area (Å²) < 4.78 is 7.68. The summed E-state index contributed by atoms with van der Waals surface area (Å²) in [7, 11) is 1.96. The third kappa shape index (κ3) is 4.65. The highest BCUT2D eigenvalue weighted by molar-refractivity contribution is 5.77. The molecule has 0 spiro atoms. The largest absolute Gasteiger partial charge is 0.378 e. The lowest BCUT2D eigenvalue weighted by Gasteiger charge is -2.34. The third-order valence-corrected chi connectivity index (χ3v) is 7.00. The molecule has 172 valence electrons. The second-order valence-electron chi connectivity index (χ2n) is 9.41. The summed E-state index contributed by atoms with van der Waals surface area (Å²) in [5.74, 6) is 1.25. The summed E-state index contributed by atoms with van der Waals surface area (Å²) in [5.41, 5.74) is 3.03. The molecule has 5 rings (SSSR count). The first kappa shape index (κ1) is 21.4. The average Bonchev–Trinajstić information content (AvgIpc) is 3.50. The first-order valence-corrected chi connectivity index (χ1v) is 12.2. The van der Waals surface area contributed by atoms with Crippen LogP contribution in [0.25, 0.3) is 11.3 Å². The number of carbonyl (C=O) groups is 1. The van der Waals surface area contributed by atoms with Crippen LogP contribution in [0, 0.1) is 0 Å². The Morgan fingerprint density at radius 1 is 1.12 bits per heavy atom. The number of piperidine rings is 1. The lowest BCUT2D eigenvalue weighted by molar-refractivity contribution is -0.136. The van der Waals surface area contributed by atoms with Crippen LogP contribution in [0.3, 0.4) is 0 Å². The van der Waals surface area contributed by atoms with E-state index in [1.165, 1.54) is 12.8 Å². The van der Waals surface area contributed by atoms with E-state index in [-0.39, 0.29) is 17.9 Å². The Morgan fingerprint density at radius 2 is 2.00 bits per heavy atom. The molecule has 2 aromatic rings. The van der Waals surface area contributed by atoms with E-state index >= 15 is 0 Å². The second kappa shape index (κ2) is 9.57. The van der Waals surface area contributed by atoms with Gasteiger partial charge in [0.2, 0.25) is 11.9 Å². The molecule has 0 radical (unpaired) electrons. The Bertz CT molecular complexity index is 932. The van der Waals surface area contributed by atoms with Crippen molar-refractivity contribution < 1.29 is 9.53 Å². The van der Waals surface area contributed by atoms with Gasteiger partial charge in [0.05, 0.1) is 23.9 Å². The van der Waals surface area contributed by atoms with Crippen LogP contribution < -0.4 is 4.90 Å². The molecule has 0 saturated carbocycles. The topological polar surface area (TPSA) is 76.4 Å². The van der Waals surface area contributed by atoms with Crippen LogP contribution in [-0.2, 0) is 16.6 Å². The van der Waals surface area contributed by atoms with Gasteiger partial charge in [-0.15, -0.1) is 0 Å². The number of amides is 1. The number of ether oxygens (including phenoxy) is 1. The fraction of sp³-hybridized carbons (Fsp3) is 0.667. The summed E-state index contributed by atoms with van der Waals surface area (Å²) >= 11 is 0. The molecule has 0 bridgehead atoms. The van der Waals surface area contributed by atoms with E-state index in [9.17, 15) is 4.79 Å². The molecule has 2 atom stereocenters.